The molecule has 1 amide bonds. The molecule has 4 unspecified atom stereocenters. The highest BCUT2D eigenvalue weighted by Crippen LogP contribution is 2.48. The van der Waals surface area contributed by atoms with E-state index in [1.807, 2.05) is 0 Å². The maximum Gasteiger partial charge on any atom is 0.308 e. The third kappa shape index (κ3) is 3.37. The molecule has 3 N–H and O–H groups in total. The molecule has 3 aliphatic rings. The standard InChI is InChI=1S/C15H24N2O3S/c18-12(8-21-11-3-5-16-6-4-11)17-14-10-2-1-9(7-10)13(14)15(19)20/h9-11,13-14,16H,1-8H2,(H,17,18)(H,19,20). The van der Waals surface area contributed by atoms with Gasteiger partial charge in [-0.3, -0.25) is 9.59 Å². The van der Waals surface area contributed by atoms with Crippen molar-refractivity contribution >= 4 is 23.6 Å². The van der Waals surface area contributed by atoms with Gasteiger partial charge in [0.25, 0.3) is 0 Å². The lowest BCUT2D eigenvalue weighted by Gasteiger charge is -2.29. The van der Waals surface area contributed by atoms with E-state index in [0.717, 1.165) is 45.2 Å². The number of piperidine rings is 1. The Morgan fingerprint density at radius 3 is 2.57 bits per heavy atom. The molecule has 118 valence electrons. The number of rotatable bonds is 5. The number of fused-ring (bicyclic) bond motifs is 2. The summed E-state index contributed by atoms with van der Waals surface area (Å²) in [6.07, 6.45) is 5.29. The van der Waals surface area contributed by atoms with Crippen molar-refractivity contribution in [1.82, 2.24) is 10.6 Å². The smallest absolute Gasteiger partial charge is 0.308 e. The number of carboxylic acids is 1. The number of carbonyl (C=O) groups excluding carboxylic acids is 1. The minimum absolute atomic E-state index is 0.0160. The zero-order valence-corrected chi connectivity index (χ0v) is 13.0. The quantitative estimate of drug-likeness (QED) is 0.708. The number of aliphatic carboxylic acids is 1. The van der Waals surface area contributed by atoms with Crippen LogP contribution in [-0.2, 0) is 9.59 Å². The molecule has 1 saturated heterocycles. The van der Waals surface area contributed by atoms with Crippen LogP contribution in [0.15, 0.2) is 0 Å². The van der Waals surface area contributed by atoms with Gasteiger partial charge in [0.15, 0.2) is 0 Å². The van der Waals surface area contributed by atoms with E-state index in [0.29, 0.717) is 16.9 Å². The topological polar surface area (TPSA) is 78.4 Å². The van der Waals surface area contributed by atoms with Crippen LogP contribution in [0.1, 0.15) is 32.1 Å². The number of amides is 1. The van der Waals surface area contributed by atoms with E-state index in [1.165, 1.54) is 0 Å². The first-order chi connectivity index (χ1) is 10.1. The molecule has 2 aliphatic carbocycles. The van der Waals surface area contributed by atoms with Crippen molar-refractivity contribution in [2.75, 3.05) is 18.8 Å². The van der Waals surface area contributed by atoms with Gasteiger partial charge in [-0.1, -0.05) is 0 Å². The van der Waals surface area contributed by atoms with Crippen molar-refractivity contribution in [2.24, 2.45) is 17.8 Å². The lowest BCUT2D eigenvalue weighted by molar-refractivity contribution is -0.144. The number of hydrogen-bond donors (Lipinski definition) is 3. The van der Waals surface area contributed by atoms with E-state index in [2.05, 4.69) is 10.6 Å². The Bertz CT molecular complexity index is 412. The Morgan fingerprint density at radius 1 is 1.14 bits per heavy atom. The van der Waals surface area contributed by atoms with E-state index >= 15 is 0 Å². The molecule has 21 heavy (non-hydrogen) atoms. The van der Waals surface area contributed by atoms with Gasteiger partial charge in [-0.15, -0.1) is 11.8 Å². The van der Waals surface area contributed by atoms with Crippen LogP contribution >= 0.6 is 11.8 Å². The summed E-state index contributed by atoms with van der Waals surface area (Å²) in [4.78, 5) is 23.6. The van der Waals surface area contributed by atoms with E-state index in [9.17, 15) is 14.7 Å². The molecule has 3 rings (SSSR count). The summed E-state index contributed by atoms with van der Waals surface area (Å²) in [6, 6.07) is -0.137. The third-order valence-electron chi connectivity index (χ3n) is 5.27. The molecular formula is C15H24N2O3S. The van der Waals surface area contributed by atoms with Crippen LogP contribution in [0.4, 0.5) is 0 Å². The Balaban J connectivity index is 1.48. The van der Waals surface area contributed by atoms with Crippen molar-refractivity contribution in [1.29, 1.82) is 0 Å². The van der Waals surface area contributed by atoms with Crippen LogP contribution in [0.3, 0.4) is 0 Å². The van der Waals surface area contributed by atoms with Gasteiger partial charge in [0, 0.05) is 11.3 Å². The average molecular weight is 312 g/mol. The fourth-order valence-corrected chi connectivity index (χ4v) is 5.28. The van der Waals surface area contributed by atoms with Crippen molar-refractivity contribution in [2.45, 2.75) is 43.4 Å². The molecule has 2 bridgehead atoms. The molecule has 6 heteroatoms. The number of carboxylic acid groups (broad SMARTS) is 1. The molecule has 0 aromatic heterocycles. The van der Waals surface area contributed by atoms with Crippen molar-refractivity contribution in [3.8, 4) is 0 Å². The zero-order valence-electron chi connectivity index (χ0n) is 12.2. The van der Waals surface area contributed by atoms with Gasteiger partial charge in [0.05, 0.1) is 11.7 Å². The molecule has 0 spiro atoms. The van der Waals surface area contributed by atoms with Crippen molar-refractivity contribution in [3.63, 3.8) is 0 Å². The molecule has 2 saturated carbocycles. The maximum atomic E-state index is 12.1. The van der Waals surface area contributed by atoms with Crippen molar-refractivity contribution in [3.05, 3.63) is 0 Å². The zero-order chi connectivity index (χ0) is 14.8. The second-order valence-electron chi connectivity index (χ2n) is 6.55. The summed E-state index contributed by atoms with van der Waals surface area (Å²) in [5, 5.41) is 16.3. The molecule has 4 atom stereocenters. The highest BCUT2D eigenvalue weighted by molar-refractivity contribution is 8.00. The fraction of sp³-hybridized carbons (Fsp3) is 0.867. The SMILES string of the molecule is O=C(CSC1CCNCC1)NC1C2CCC(C2)C1C(=O)O. The number of nitrogens with one attached hydrogen (secondary N) is 2. The summed E-state index contributed by atoms with van der Waals surface area (Å²) in [5.74, 6) is 0.0291. The highest BCUT2D eigenvalue weighted by Gasteiger charge is 2.51. The first kappa shape index (κ1) is 15.2. The van der Waals surface area contributed by atoms with Crippen LogP contribution < -0.4 is 10.6 Å². The van der Waals surface area contributed by atoms with Crippen LogP contribution in [0.2, 0.25) is 0 Å². The Hall–Kier alpha value is -0.750. The van der Waals surface area contributed by atoms with Gasteiger partial charge < -0.3 is 15.7 Å². The molecule has 0 aromatic carbocycles. The van der Waals surface area contributed by atoms with Crippen LogP contribution in [0.25, 0.3) is 0 Å². The molecule has 0 aromatic rings. The normalized spacial score (nSPS) is 35.8. The monoisotopic (exact) mass is 312 g/mol. The van der Waals surface area contributed by atoms with Gasteiger partial charge in [-0.05, 0) is 57.0 Å². The third-order valence-corrected chi connectivity index (χ3v) is 6.64. The number of thioether (sulfide) groups is 1. The largest absolute Gasteiger partial charge is 0.481 e. The Labute approximate surface area is 129 Å². The van der Waals surface area contributed by atoms with Gasteiger partial charge >= 0.3 is 5.97 Å². The summed E-state index contributed by atoms with van der Waals surface area (Å²) < 4.78 is 0. The summed E-state index contributed by atoms with van der Waals surface area (Å²) in [7, 11) is 0. The maximum absolute atomic E-state index is 12.1. The second kappa shape index (κ2) is 6.57. The summed E-state index contributed by atoms with van der Waals surface area (Å²) in [5.41, 5.74) is 0. The predicted octanol–water partition coefficient (Wildman–Crippen LogP) is 1.09. The molecule has 5 nitrogen and oxygen atoms in total. The average Bonchev–Trinajstić information content (AvgIpc) is 3.07. The Kier molecular flexibility index (Phi) is 4.74. The Morgan fingerprint density at radius 2 is 1.86 bits per heavy atom. The first-order valence-corrected chi connectivity index (χ1v) is 9.04. The molecule has 1 heterocycles. The lowest BCUT2D eigenvalue weighted by Crippen LogP contribution is -2.47. The highest BCUT2D eigenvalue weighted by atomic mass is 32.2. The lowest BCUT2D eigenvalue weighted by atomic mass is 9.84. The van der Waals surface area contributed by atoms with Crippen molar-refractivity contribution < 1.29 is 14.7 Å². The van der Waals surface area contributed by atoms with E-state index in [-0.39, 0.29) is 23.8 Å². The van der Waals surface area contributed by atoms with Crippen LogP contribution in [0.5, 0.6) is 0 Å². The van der Waals surface area contributed by atoms with Gasteiger partial charge in [-0.25, -0.2) is 0 Å². The summed E-state index contributed by atoms with van der Waals surface area (Å²) >= 11 is 1.72. The van der Waals surface area contributed by atoms with E-state index in [4.69, 9.17) is 0 Å². The minimum Gasteiger partial charge on any atom is -0.481 e. The molecule has 1 aliphatic heterocycles. The van der Waals surface area contributed by atoms with E-state index in [1.54, 1.807) is 11.8 Å². The number of hydrogen-bond acceptors (Lipinski definition) is 4. The summed E-state index contributed by atoms with van der Waals surface area (Å²) in [6.45, 7) is 2.07. The van der Waals surface area contributed by atoms with Gasteiger partial charge in [0.2, 0.25) is 5.91 Å². The molecular weight excluding hydrogens is 288 g/mol. The second-order valence-corrected chi connectivity index (χ2v) is 7.84. The van der Waals surface area contributed by atoms with Gasteiger partial charge in [-0.2, -0.15) is 0 Å². The first-order valence-electron chi connectivity index (χ1n) is 7.99. The predicted molar refractivity (Wildman–Crippen MR) is 82.2 cm³/mol. The van der Waals surface area contributed by atoms with Crippen LogP contribution in [-0.4, -0.2) is 47.1 Å². The molecule has 3 fully saturated rings. The number of carbonyl (C=O) groups is 2. The fourth-order valence-electron chi connectivity index (χ4n) is 4.24. The molecule has 0 radical (unpaired) electrons. The van der Waals surface area contributed by atoms with E-state index < -0.39 is 5.97 Å². The van der Waals surface area contributed by atoms with Gasteiger partial charge in [0.1, 0.15) is 0 Å². The van der Waals surface area contributed by atoms with Crippen LogP contribution in [0, 0.1) is 17.8 Å². The minimum atomic E-state index is -0.737.